The SMILES string of the molecule is Cc1cc(C)cc(NC(=O)COC(=O)CCc2ccccc2)c1. The normalized spacial score (nSPS) is 10.2. The van der Waals surface area contributed by atoms with Crippen molar-refractivity contribution in [3.05, 3.63) is 65.2 Å². The average molecular weight is 311 g/mol. The van der Waals surface area contributed by atoms with Crippen LogP contribution >= 0.6 is 0 Å². The summed E-state index contributed by atoms with van der Waals surface area (Å²) in [6.45, 7) is 3.67. The molecule has 0 bridgehead atoms. The van der Waals surface area contributed by atoms with Crippen LogP contribution < -0.4 is 5.32 Å². The zero-order valence-corrected chi connectivity index (χ0v) is 13.5. The van der Waals surface area contributed by atoms with E-state index in [0.717, 1.165) is 16.7 Å². The Morgan fingerprint density at radius 1 is 1.00 bits per heavy atom. The lowest BCUT2D eigenvalue weighted by atomic mass is 10.1. The van der Waals surface area contributed by atoms with Gasteiger partial charge in [0.1, 0.15) is 0 Å². The molecule has 23 heavy (non-hydrogen) atoms. The number of esters is 1. The van der Waals surface area contributed by atoms with Crippen LogP contribution in [0.25, 0.3) is 0 Å². The van der Waals surface area contributed by atoms with Gasteiger partial charge in [0, 0.05) is 12.1 Å². The van der Waals surface area contributed by atoms with Gasteiger partial charge in [0.15, 0.2) is 6.61 Å². The fourth-order valence-electron chi connectivity index (χ4n) is 2.35. The fraction of sp³-hybridized carbons (Fsp3) is 0.263. The first-order chi connectivity index (χ1) is 11.0. The van der Waals surface area contributed by atoms with Crippen molar-refractivity contribution < 1.29 is 14.3 Å². The summed E-state index contributed by atoms with van der Waals surface area (Å²) in [6.07, 6.45) is 0.874. The van der Waals surface area contributed by atoms with E-state index in [1.54, 1.807) is 0 Å². The molecular weight excluding hydrogens is 290 g/mol. The van der Waals surface area contributed by atoms with Gasteiger partial charge in [0.25, 0.3) is 5.91 Å². The number of carbonyl (C=O) groups excluding carboxylic acids is 2. The number of hydrogen-bond donors (Lipinski definition) is 1. The number of nitrogens with one attached hydrogen (secondary N) is 1. The molecule has 0 aliphatic rings. The molecule has 1 N–H and O–H groups in total. The number of amides is 1. The first kappa shape index (κ1) is 16.7. The van der Waals surface area contributed by atoms with Crippen molar-refractivity contribution in [1.82, 2.24) is 0 Å². The maximum atomic E-state index is 11.8. The van der Waals surface area contributed by atoms with Crippen molar-refractivity contribution in [2.24, 2.45) is 0 Å². The smallest absolute Gasteiger partial charge is 0.306 e. The van der Waals surface area contributed by atoms with Gasteiger partial charge in [-0.25, -0.2) is 0 Å². The zero-order valence-electron chi connectivity index (χ0n) is 13.5. The fourth-order valence-corrected chi connectivity index (χ4v) is 2.35. The molecule has 0 aliphatic carbocycles. The largest absolute Gasteiger partial charge is 0.456 e. The van der Waals surface area contributed by atoms with E-state index < -0.39 is 0 Å². The molecular formula is C19H21NO3. The van der Waals surface area contributed by atoms with E-state index in [1.165, 1.54) is 0 Å². The van der Waals surface area contributed by atoms with Gasteiger partial charge in [0.2, 0.25) is 0 Å². The van der Waals surface area contributed by atoms with E-state index in [0.29, 0.717) is 12.1 Å². The van der Waals surface area contributed by atoms with Gasteiger partial charge in [-0.3, -0.25) is 9.59 Å². The number of hydrogen-bond acceptors (Lipinski definition) is 3. The van der Waals surface area contributed by atoms with Crippen molar-refractivity contribution in [3.63, 3.8) is 0 Å². The summed E-state index contributed by atoms with van der Waals surface area (Å²) in [7, 11) is 0. The van der Waals surface area contributed by atoms with Crippen LogP contribution in [-0.4, -0.2) is 18.5 Å². The van der Waals surface area contributed by atoms with E-state index in [-0.39, 0.29) is 24.9 Å². The third-order valence-corrected chi connectivity index (χ3v) is 3.33. The maximum absolute atomic E-state index is 11.8. The molecule has 120 valence electrons. The van der Waals surface area contributed by atoms with Gasteiger partial charge in [-0.1, -0.05) is 36.4 Å². The lowest BCUT2D eigenvalue weighted by Crippen LogP contribution is -2.21. The highest BCUT2D eigenvalue weighted by Crippen LogP contribution is 2.13. The Balaban J connectivity index is 1.74. The molecule has 0 aromatic heterocycles. The number of benzene rings is 2. The van der Waals surface area contributed by atoms with E-state index in [1.807, 2.05) is 62.4 Å². The summed E-state index contributed by atoms with van der Waals surface area (Å²) in [4.78, 5) is 23.5. The van der Waals surface area contributed by atoms with Crippen molar-refractivity contribution >= 4 is 17.6 Å². The van der Waals surface area contributed by atoms with Gasteiger partial charge in [-0.2, -0.15) is 0 Å². The third kappa shape index (κ3) is 5.94. The van der Waals surface area contributed by atoms with Crippen molar-refractivity contribution in [2.45, 2.75) is 26.7 Å². The Morgan fingerprint density at radius 2 is 1.65 bits per heavy atom. The lowest BCUT2D eigenvalue weighted by molar-refractivity contribution is -0.147. The quantitative estimate of drug-likeness (QED) is 0.832. The Hall–Kier alpha value is -2.62. The van der Waals surface area contributed by atoms with E-state index in [9.17, 15) is 9.59 Å². The summed E-state index contributed by atoms with van der Waals surface area (Å²) in [5, 5.41) is 2.74. The summed E-state index contributed by atoms with van der Waals surface area (Å²) < 4.78 is 5.01. The van der Waals surface area contributed by atoms with Crippen LogP contribution in [-0.2, 0) is 20.7 Å². The van der Waals surface area contributed by atoms with Gasteiger partial charge >= 0.3 is 5.97 Å². The van der Waals surface area contributed by atoms with Crippen molar-refractivity contribution in [2.75, 3.05) is 11.9 Å². The first-order valence-corrected chi connectivity index (χ1v) is 7.60. The number of aryl methyl sites for hydroxylation is 3. The molecule has 0 unspecified atom stereocenters. The van der Waals surface area contributed by atoms with Crippen LogP contribution in [0.2, 0.25) is 0 Å². The van der Waals surface area contributed by atoms with Gasteiger partial charge in [-0.05, 0) is 49.1 Å². The second-order valence-corrected chi connectivity index (χ2v) is 5.57. The van der Waals surface area contributed by atoms with Crippen LogP contribution in [0.15, 0.2) is 48.5 Å². The second kappa shape index (κ2) is 8.13. The standard InChI is InChI=1S/C19H21NO3/c1-14-10-15(2)12-17(11-14)20-18(21)13-23-19(22)9-8-16-6-4-3-5-7-16/h3-7,10-12H,8-9,13H2,1-2H3,(H,20,21). The molecule has 4 nitrogen and oxygen atoms in total. The predicted molar refractivity (Wildman–Crippen MR) is 90.3 cm³/mol. The van der Waals surface area contributed by atoms with Crippen LogP contribution in [0.5, 0.6) is 0 Å². The molecule has 2 aromatic rings. The van der Waals surface area contributed by atoms with E-state index >= 15 is 0 Å². The van der Waals surface area contributed by atoms with Gasteiger partial charge in [0.05, 0.1) is 0 Å². The molecule has 0 heterocycles. The Bertz CT molecular complexity index is 660. The van der Waals surface area contributed by atoms with E-state index in [4.69, 9.17) is 4.74 Å². The molecule has 0 spiro atoms. The van der Waals surface area contributed by atoms with Crippen LogP contribution in [0.3, 0.4) is 0 Å². The molecule has 0 aliphatic heterocycles. The number of ether oxygens (including phenoxy) is 1. The Kier molecular flexibility index (Phi) is 5.92. The topological polar surface area (TPSA) is 55.4 Å². The second-order valence-electron chi connectivity index (χ2n) is 5.57. The summed E-state index contributed by atoms with van der Waals surface area (Å²) in [5.74, 6) is -0.701. The molecule has 0 atom stereocenters. The summed E-state index contributed by atoms with van der Waals surface area (Å²) in [5.41, 5.74) is 3.93. The van der Waals surface area contributed by atoms with Crippen molar-refractivity contribution in [3.8, 4) is 0 Å². The highest BCUT2D eigenvalue weighted by Gasteiger charge is 2.08. The molecule has 0 fully saturated rings. The van der Waals surface area contributed by atoms with Gasteiger partial charge < -0.3 is 10.1 Å². The maximum Gasteiger partial charge on any atom is 0.306 e. The van der Waals surface area contributed by atoms with Crippen LogP contribution in [0.4, 0.5) is 5.69 Å². The first-order valence-electron chi connectivity index (χ1n) is 7.60. The number of anilines is 1. The Labute approximate surface area is 136 Å². The molecule has 0 saturated carbocycles. The monoisotopic (exact) mass is 311 g/mol. The third-order valence-electron chi connectivity index (χ3n) is 3.33. The summed E-state index contributed by atoms with van der Waals surface area (Å²) >= 11 is 0. The predicted octanol–water partition coefficient (Wildman–Crippen LogP) is 3.42. The van der Waals surface area contributed by atoms with E-state index in [2.05, 4.69) is 5.32 Å². The molecule has 1 amide bonds. The molecule has 2 rings (SSSR count). The molecule has 0 saturated heterocycles. The molecule has 2 aromatic carbocycles. The number of rotatable bonds is 6. The highest BCUT2D eigenvalue weighted by molar-refractivity contribution is 5.92. The van der Waals surface area contributed by atoms with Gasteiger partial charge in [-0.15, -0.1) is 0 Å². The van der Waals surface area contributed by atoms with Crippen LogP contribution in [0.1, 0.15) is 23.1 Å². The zero-order chi connectivity index (χ0) is 16.7. The minimum atomic E-state index is -0.371. The number of carbonyl (C=O) groups is 2. The lowest BCUT2D eigenvalue weighted by Gasteiger charge is -2.08. The van der Waals surface area contributed by atoms with Crippen molar-refractivity contribution in [1.29, 1.82) is 0 Å². The minimum absolute atomic E-state index is 0.263. The molecule has 0 radical (unpaired) electrons. The summed E-state index contributed by atoms with van der Waals surface area (Å²) in [6, 6.07) is 15.5. The highest BCUT2D eigenvalue weighted by atomic mass is 16.5. The Morgan fingerprint density at radius 3 is 2.30 bits per heavy atom. The van der Waals surface area contributed by atoms with Crippen LogP contribution in [0, 0.1) is 13.8 Å². The molecule has 4 heteroatoms. The minimum Gasteiger partial charge on any atom is -0.456 e. The average Bonchev–Trinajstić information content (AvgIpc) is 2.51.